The van der Waals surface area contributed by atoms with Crippen LogP contribution in [-0.2, 0) is 4.79 Å². The minimum absolute atomic E-state index is 0.118. The van der Waals surface area contributed by atoms with E-state index in [9.17, 15) is 9.18 Å². The van der Waals surface area contributed by atoms with Crippen molar-refractivity contribution in [1.82, 2.24) is 35.0 Å². The first kappa shape index (κ1) is 23.0. The standard InChI is InChI=1S/C26H21FN8OS/c1-35(2)13-24(36)31-16-5-14(8-28-10-16)15-6-18-25(33-34-26(18)30-9-15)20-7-17-19(11-29-12-21(17)32-20)22-3-4-23(27)37-22/h3-12,32H,13H2,1-2H3,(H,31,36)(H,30,33,34). The molecule has 1 amide bonds. The van der Waals surface area contributed by atoms with Gasteiger partial charge in [-0.15, -0.1) is 11.3 Å². The summed E-state index contributed by atoms with van der Waals surface area (Å²) in [4.78, 5) is 31.3. The molecule has 9 nitrogen and oxygen atoms in total. The van der Waals surface area contributed by atoms with E-state index in [0.717, 1.165) is 54.9 Å². The summed E-state index contributed by atoms with van der Waals surface area (Å²) in [5.41, 5.74) is 6.06. The van der Waals surface area contributed by atoms with Crippen molar-refractivity contribution in [2.45, 2.75) is 0 Å². The predicted molar refractivity (Wildman–Crippen MR) is 143 cm³/mol. The maximum atomic E-state index is 13.7. The molecule has 37 heavy (non-hydrogen) atoms. The second-order valence-corrected chi connectivity index (χ2v) is 9.91. The lowest BCUT2D eigenvalue weighted by Gasteiger charge is -2.10. The molecule has 0 bridgehead atoms. The first-order chi connectivity index (χ1) is 17.9. The number of H-pyrrole nitrogens is 2. The summed E-state index contributed by atoms with van der Waals surface area (Å²) in [6, 6.07) is 9.06. The maximum Gasteiger partial charge on any atom is 0.238 e. The molecule has 0 aliphatic rings. The number of thiophene rings is 1. The fourth-order valence-electron chi connectivity index (χ4n) is 4.25. The van der Waals surface area contributed by atoms with Crippen LogP contribution >= 0.6 is 11.3 Å². The third-order valence-corrected chi connectivity index (χ3v) is 6.78. The number of carbonyl (C=O) groups excluding carboxylic acids is 1. The second kappa shape index (κ2) is 9.19. The Morgan fingerprint density at radius 2 is 1.86 bits per heavy atom. The van der Waals surface area contributed by atoms with Crippen molar-refractivity contribution in [2.75, 3.05) is 26.0 Å². The van der Waals surface area contributed by atoms with Crippen LogP contribution in [0.15, 0.2) is 61.3 Å². The minimum Gasteiger partial charge on any atom is -0.352 e. The number of likely N-dealkylation sites (N-methyl/N-ethyl adjacent to an activating group) is 1. The van der Waals surface area contributed by atoms with Crippen molar-refractivity contribution in [1.29, 1.82) is 0 Å². The van der Waals surface area contributed by atoms with Gasteiger partial charge in [0.15, 0.2) is 10.8 Å². The monoisotopic (exact) mass is 512 g/mol. The highest BCUT2D eigenvalue weighted by molar-refractivity contribution is 7.14. The van der Waals surface area contributed by atoms with Gasteiger partial charge >= 0.3 is 0 Å². The molecular weight excluding hydrogens is 491 g/mol. The van der Waals surface area contributed by atoms with Crippen LogP contribution in [0.3, 0.4) is 0 Å². The molecule has 11 heteroatoms. The SMILES string of the molecule is CN(C)CC(=O)Nc1cncc(-c2cnc3[nH]nc(-c4cc5c(-c6ccc(F)s6)cncc5[nH]4)c3c2)c1. The summed E-state index contributed by atoms with van der Waals surface area (Å²) in [5, 5.41) is 11.9. The van der Waals surface area contributed by atoms with E-state index in [1.807, 2.05) is 32.3 Å². The maximum absolute atomic E-state index is 13.7. The lowest BCUT2D eigenvalue weighted by Crippen LogP contribution is -2.27. The summed E-state index contributed by atoms with van der Waals surface area (Å²) in [6.07, 6.45) is 8.57. The second-order valence-electron chi connectivity index (χ2n) is 8.88. The van der Waals surface area contributed by atoms with E-state index in [2.05, 4.69) is 35.5 Å². The molecule has 6 aromatic heterocycles. The van der Waals surface area contributed by atoms with Crippen LogP contribution in [0, 0.1) is 5.13 Å². The van der Waals surface area contributed by atoms with Gasteiger partial charge in [0.25, 0.3) is 0 Å². The number of amides is 1. The Morgan fingerprint density at radius 3 is 2.68 bits per heavy atom. The van der Waals surface area contributed by atoms with E-state index >= 15 is 0 Å². The highest BCUT2D eigenvalue weighted by Gasteiger charge is 2.16. The van der Waals surface area contributed by atoms with E-state index in [1.165, 1.54) is 6.07 Å². The van der Waals surface area contributed by atoms with Gasteiger partial charge in [-0.2, -0.15) is 9.49 Å². The Bertz CT molecular complexity index is 1770. The summed E-state index contributed by atoms with van der Waals surface area (Å²) in [7, 11) is 3.67. The molecule has 0 spiro atoms. The molecule has 3 N–H and O–H groups in total. The number of nitrogens with one attached hydrogen (secondary N) is 3. The van der Waals surface area contributed by atoms with Crippen molar-refractivity contribution in [3.05, 3.63) is 66.4 Å². The van der Waals surface area contributed by atoms with Crippen LogP contribution in [0.5, 0.6) is 0 Å². The molecule has 0 aromatic carbocycles. The molecule has 6 heterocycles. The molecule has 0 fully saturated rings. The Morgan fingerprint density at radius 1 is 1.03 bits per heavy atom. The number of rotatable bonds is 6. The van der Waals surface area contributed by atoms with E-state index in [-0.39, 0.29) is 17.6 Å². The fraction of sp³-hybridized carbons (Fsp3) is 0.115. The van der Waals surface area contributed by atoms with Crippen LogP contribution in [-0.4, -0.2) is 61.6 Å². The third-order valence-electron chi connectivity index (χ3n) is 5.87. The number of aromatic amines is 2. The van der Waals surface area contributed by atoms with Crippen molar-refractivity contribution in [2.24, 2.45) is 0 Å². The van der Waals surface area contributed by atoms with Crippen LogP contribution in [0.2, 0.25) is 0 Å². The van der Waals surface area contributed by atoms with E-state index in [4.69, 9.17) is 0 Å². The normalized spacial score (nSPS) is 11.6. The summed E-state index contributed by atoms with van der Waals surface area (Å²) >= 11 is 1.09. The van der Waals surface area contributed by atoms with E-state index < -0.39 is 0 Å². The van der Waals surface area contributed by atoms with Gasteiger partial charge in [0.2, 0.25) is 5.91 Å². The summed E-state index contributed by atoms with van der Waals surface area (Å²) < 4.78 is 13.7. The number of halogens is 1. The van der Waals surface area contributed by atoms with Gasteiger partial charge in [-0.1, -0.05) is 0 Å². The van der Waals surface area contributed by atoms with Crippen molar-refractivity contribution in [3.63, 3.8) is 0 Å². The Labute approximate surface area is 214 Å². The molecule has 0 saturated carbocycles. The average molecular weight is 513 g/mol. The lowest BCUT2D eigenvalue weighted by atomic mass is 10.1. The van der Waals surface area contributed by atoms with Crippen LogP contribution < -0.4 is 5.32 Å². The zero-order valence-corrected chi connectivity index (χ0v) is 20.7. The zero-order valence-electron chi connectivity index (χ0n) is 19.9. The molecule has 6 aromatic rings. The van der Waals surface area contributed by atoms with Gasteiger partial charge in [-0.3, -0.25) is 19.9 Å². The molecule has 0 aliphatic carbocycles. The highest BCUT2D eigenvalue weighted by atomic mass is 32.1. The summed E-state index contributed by atoms with van der Waals surface area (Å²) in [6.45, 7) is 0.277. The van der Waals surface area contributed by atoms with E-state index in [0.29, 0.717) is 17.0 Å². The Kier molecular flexibility index (Phi) is 5.70. The molecule has 0 unspecified atom stereocenters. The fourth-order valence-corrected chi connectivity index (χ4v) is 5.01. The molecule has 0 aliphatic heterocycles. The van der Waals surface area contributed by atoms with Crippen molar-refractivity contribution >= 4 is 44.9 Å². The van der Waals surface area contributed by atoms with Crippen LogP contribution in [0.4, 0.5) is 10.1 Å². The van der Waals surface area contributed by atoms with Gasteiger partial charge in [0.1, 0.15) is 5.69 Å². The minimum atomic E-state index is -0.240. The highest BCUT2D eigenvalue weighted by Crippen LogP contribution is 2.36. The van der Waals surface area contributed by atoms with Crippen LogP contribution in [0.25, 0.3) is 54.9 Å². The number of pyridine rings is 3. The molecular formula is C26H21FN8OS. The van der Waals surface area contributed by atoms with Gasteiger partial charge < -0.3 is 15.2 Å². The van der Waals surface area contributed by atoms with Gasteiger partial charge in [0.05, 0.1) is 35.8 Å². The number of carbonyl (C=O) groups is 1. The Hall–Kier alpha value is -4.48. The van der Waals surface area contributed by atoms with Crippen molar-refractivity contribution < 1.29 is 9.18 Å². The zero-order chi connectivity index (χ0) is 25.5. The van der Waals surface area contributed by atoms with Gasteiger partial charge in [-0.05, 0) is 44.4 Å². The Balaban J connectivity index is 1.38. The van der Waals surface area contributed by atoms with Gasteiger partial charge in [-0.25, -0.2) is 4.98 Å². The number of hydrogen-bond acceptors (Lipinski definition) is 7. The van der Waals surface area contributed by atoms with Crippen LogP contribution in [0.1, 0.15) is 0 Å². The first-order valence-corrected chi connectivity index (χ1v) is 12.2. The quantitative estimate of drug-likeness (QED) is 0.291. The molecule has 6 rings (SSSR count). The largest absolute Gasteiger partial charge is 0.352 e. The number of nitrogens with zero attached hydrogens (tertiary/aromatic N) is 5. The number of anilines is 1. The van der Waals surface area contributed by atoms with E-state index in [1.54, 1.807) is 42.0 Å². The molecule has 0 saturated heterocycles. The molecule has 0 radical (unpaired) electrons. The smallest absolute Gasteiger partial charge is 0.238 e. The molecule has 0 atom stereocenters. The molecule has 184 valence electrons. The van der Waals surface area contributed by atoms with Crippen molar-refractivity contribution in [3.8, 4) is 33.0 Å². The lowest BCUT2D eigenvalue weighted by molar-refractivity contribution is -0.116. The number of hydrogen-bond donors (Lipinski definition) is 3. The third kappa shape index (κ3) is 4.46. The van der Waals surface area contributed by atoms with Gasteiger partial charge in [0, 0.05) is 50.9 Å². The number of aromatic nitrogens is 6. The average Bonchev–Trinajstić information content (AvgIpc) is 3.60. The summed E-state index contributed by atoms with van der Waals surface area (Å²) in [5.74, 6) is -0.118. The topological polar surface area (TPSA) is 115 Å². The predicted octanol–water partition coefficient (Wildman–Crippen LogP) is 4.93. The number of fused-ring (bicyclic) bond motifs is 2. The first-order valence-electron chi connectivity index (χ1n) is 11.4.